The van der Waals surface area contributed by atoms with Crippen LogP contribution in [0, 0.1) is 48.1 Å². The fraction of sp³-hybridized carbons (Fsp3) is 0.571. The van der Waals surface area contributed by atoms with E-state index in [0.717, 1.165) is 104 Å². The molecule has 21 nitrogen and oxygen atoms in total. The van der Waals surface area contributed by atoms with E-state index in [-0.39, 0.29) is 117 Å². The van der Waals surface area contributed by atoms with Crippen molar-refractivity contribution in [2.24, 2.45) is 27.8 Å². The summed E-state index contributed by atoms with van der Waals surface area (Å²) in [6, 6.07) is 24.1. The molecule has 6 fully saturated rings. The molecule has 4 N–H and O–H groups in total. The SMILES string of the molecule is CC1(S(N)(=O)=O)CC1.CCCCCC/C=C\[C@@H]1C[C@]1(CC(=O)[C@@H]1C[C@@H](Oc2nc3ccccc3n2C(C)C)CN1C(=O)CCc1cc(C)cc(F)c1)C(=O)NS(=O)(=O)C1(C)CC1.CCCCCC/C=C\[C@@H]1C[C@]1(CC(=O)[C@@H]1C[C@@H](Oc2nc3ccccc3n2C(C)C)CN1C(=O)CCc1cc(C)cc(F)c1)C(=O)O. The van der Waals surface area contributed by atoms with Crippen LogP contribution in [0.3, 0.4) is 0 Å². The summed E-state index contributed by atoms with van der Waals surface area (Å²) in [6.07, 6.45) is 21.7. The van der Waals surface area contributed by atoms with E-state index < -0.39 is 76.5 Å². The number of primary sulfonamides is 1. The van der Waals surface area contributed by atoms with E-state index in [4.69, 9.17) is 24.6 Å². The molecule has 2 saturated heterocycles. The second kappa shape index (κ2) is 35.0. The minimum absolute atomic E-state index is 0.0257. The van der Waals surface area contributed by atoms with Crippen LogP contribution < -0.4 is 19.3 Å². The third-order valence-electron chi connectivity index (χ3n) is 22.9. The summed E-state index contributed by atoms with van der Waals surface area (Å²) in [7, 11) is -7.16. The van der Waals surface area contributed by atoms with Gasteiger partial charge in [-0.25, -0.2) is 30.8 Å². The maximum Gasteiger partial charge on any atom is 0.310 e. The number of benzene rings is 4. The number of unbranched alkanes of at least 4 members (excludes halogenated alkanes) is 8. The van der Waals surface area contributed by atoms with Gasteiger partial charge in [0.1, 0.15) is 23.8 Å². The number of carbonyl (C=O) groups is 6. The van der Waals surface area contributed by atoms with Crippen LogP contribution in [0.15, 0.2) is 109 Å². The maximum absolute atomic E-state index is 14.5. The number of para-hydroxylation sites is 4. The Morgan fingerprint density at radius 1 is 0.606 bits per heavy atom. The molecule has 0 radical (unpaired) electrons. The number of likely N-dealkylation sites (tertiary alicyclic amines) is 2. The molecule has 0 spiro atoms. The lowest BCUT2D eigenvalue weighted by molar-refractivity contribution is -0.147. The molecule has 12 rings (SSSR count). The predicted octanol–water partition coefficient (Wildman–Crippen LogP) is 15.0. The van der Waals surface area contributed by atoms with Gasteiger partial charge in [-0.3, -0.25) is 42.6 Å². The van der Waals surface area contributed by atoms with Crippen LogP contribution in [-0.2, 0) is 61.7 Å². The number of imidazole rings is 2. The number of hydrogen-bond donors (Lipinski definition) is 3. The minimum Gasteiger partial charge on any atom is -0.481 e. The highest BCUT2D eigenvalue weighted by Gasteiger charge is 2.63. The summed E-state index contributed by atoms with van der Waals surface area (Å²) in [6.45, 7) is 19.7. The number of allylic oxidation sites excluding steroid dienone is 4. The van der Waals surface area contributed by atoms with E-state index in [9.17, 15) is 59.5 Å². The summed E-state index contributed by atoms with van der Waals surface area (Å²) < 4.78 is 93.4. The van der Waals surface area contributed by atoms with Gasteiger partial charge in [-0.2, -0.15) is 9.97 Å². The van der Waals surface area contributed by atoms with Crippen molar-refractivity contribution < 1.29 is 69.0 Å². The molecule has 109 heavy (non-hydrogen) atoms. The Hall–Kier alpha value is -8.16. The Labute approximate surface area is 641 Å². The molecule has 3 amide bonds. The van der Waals surface area contributed by atoms with E-state index in [1.54, 1.807) is 32.6 Å². The number of nitrogens with two attached hydrogens (primary N) is 1. The lowest BCUT2D eigenvalue weighted by Crippen LogP contribution is -2.46. The number of sulfonamides is 2. The molecular weight excluding hydrogens is 1430 g/mol. The van der Waals surface area contributed by atoms with Gasteiger partial charge in [-0.05, 0) is 215 Å². The van der Waals surface area contributed by atoms with E-state index in [1.807, 2.05) is 116 Å². The maximum atomic E-state index is 14.5. The Morgan fingerprint density at radius 2 is 1.02 bits per heavy atom. The number of amides is 3. The van der Waals surface area contributed by atoms with Crippen LogP contribution in [0.1, 0.15) is 231 Å². The van der Waals surface area contributed by atoms with Gasteiger partial charge in [0, 0.05) is 50.6 Å². The van der Waals surface area contributed by atoms with Gasteiger partial charge >= 0.3 is 5.97 Å². The number of Topliss-reactive ketones (excluding diaryl/α,β-unsaturated/α-hetero) is 2. The molecule has 592 valence electrons. The Bertz CT molecular complexity index is 4560. The first-order valence-corrected chi connectivity index (χ1v) is 42.3. The van der Waals surface area contributed by atoms with Gasteiger partial charge in [-0.1, -0.05) is 113 Å². The molecule has 0 bridgehead atoms. The summed E-state index contributed by atoms with van der Waals surface area (Å²) in [5.74, 6) is -3.92. The normalized spacial score (nSPS) is 23.1. The second-order valence-corrected chi connectivity index (χ2v) is 36.8. The average Bonchev–Trinajstić information content (AvgIpc) is 1.57. The van der Waals surface area contributed by atoms with Gasteiger partial charge in [0.05, 0.1) is 67.6 Å². The number of ketones is 2. The third kappa shape index (κ3) is 20.3. The lowest BCUT2D eigenvalue weighted by atomic mass is 9.91. The number of carboxylic acid groups (broad SMARTS) is 1. The average molecular weight is 1540 g/mol. The predicted molar refractivity (Wildman–Crippen MR) is 417 cm³/mol. The van der Waals surface area contributed by atoms with Crippen molar-refractivity contribution in [2.45, 2.75) is 269 Å². The number of aromatic nitrogens is 4. The van der Waals surface area contributed by atoms with Gasteiger partial charge in [-0.15, -0.1) is 0 Å². The van der Waals surface area contributed by atoms with Crippen molar-refractivity contribution in [1.29, 1.82) is 0 Å². The van der Waals surface area contributed by atoms with Crippen LogP contribution in [0.4, 0.5) is 8.78 Å². The van der Waals surface area contributed by atoms with Crippen LogP contribution in [0.25, 0.3) is 22.1 Å². The molecule has 25 heteroatoms. The van der Waals surface area contributed by atoms with Crippen LogP contribution >= 0.6 is 0 Å². The highest BCUT2D eigenvalue weighted by atomic mass is 32.2. The number of aryl methyl sites for hydroxylation is 4. The molecule has 0 unspecified atom stereocenters. The number of nitrogens with one attached hydrogen (secondary N) is 1. The number of aliphatic carboxylic acids is 1. The van der Waals surface area contributed by atoms with Crippen molar-refractivity contribution in [2.75, 3.05) is 13.1 Å². The van der Waals surface area contributed by atoms with Crippen LogP contribution in [-0.4, -0.2) is 133 Å². The standard InChI is InChI=1S/C42H55FN4O6S.C38H48FN3O5.C4H9NO2S/c1-6-7-8-9-10-11-14-31-25-42(31,39(50)45-54(51,52)41(5)19-20-41)26-37(48)36-24-33(53-40-44-34-15-12-13-16-35(34)47(40)28(2)3)27-46(36)38(49)18-17-30-21-29(4)22-32(43)23-30;1-5-6-7-8-9-10-13-28-22-38(28,36(45)46)23-34(43)33-21-30(47-37-40-31-14-11-12-15-32(31)42(37)25(2)3)24-41(33)35(44)17-16-27-18-26(4)19-29(39)20-27;1-4(2-3-4)8(5,6)7/h11-16,21-23,28,31,33,36H,6-10,17-20,24-27H2,1-5H3,(H,45,50);10-15,18-20,25,28,30,33H,5-9,16-17,21-24H2,1-4H3,(H,45,46);2-3H2,1H3,(H2,5,6,7)/b14-11-;13-10-;/t31-,33-,36+,42-;28-,30-,33+,38-;/m11./s1. The Balaban J connectivity index is 0.000000212. The zero-order chi connectivity index (χ0) is 79.0. The topological polar surface area (TPSA) is 290 Å². The molecule has 4 heterocycles. The monoisotopic (exact) mass is 1540 g/mol. The summed E-state index contributed by atoms with van der Waals surface area (Å²) >= 11 is 0. The van der Waals surface area contributed by atoms with Gasteiger partial charge in [0.15, 0.2) is 11.6 Å². The zero-order valence-corrected chi connectivity index (χ0v) is 66.7. The number of halogens is 2. The number of carboxylic acids is 1. The van der Waals surface area contributed by atoms with E-state index in [0.29, 0.717) is 55.3 Å². The number of rotatable bonds is 35. The molecule has 2 aliphatic heterocycles. The molecule has 2 aromatic heterocycles. The van der Waals surface area contributed by atoms with Gasteiger partial charge in [0.25, 0.3) is 12.0 Å². The number of carbonyl (C=O) groups excluding carboxylic acids is 5. The highest BCUT2D eigenvalue weighted by molar-refractivity contribution is 7.91. The quantitative estimate of drug-likeness (QED) is 0.0246. The first kappa shape index (κ1) is 83.3. The number of ether oxygens (including phenoxy) is 2. The van der Waals surface area contributed by atoms with Crippen LogP contribution in [0.2, 0.25) is 0 Å². The van der Waals surface area contributed by atoms with Crippen molar-refractivity contribution in [3.05, 3.63) is 143 Å². The van der Waals surface area contributed by atoms with E-state index >= 15 is 0 Å². The number of hydrogen-bond acceptors (Lipinski definition) is 14. The zero-order valence-electron chi connectivity index (χ0n) is 65.1. The molecule has 4 aliphatic carbocycles. The third-order valence-corrected chi connectivity index (χ3v) is 26.8. The van der Waals surface area contributed by atoms with Crippen molar-refractivity contribution in [3.8, 4) is 12.0 Å². The first-order valence-electron chi connectivity index (χ1n) is 39.2. The Morgan fingerprint density at radius 3 is 1.40 bits per heavy atom. The van der Waals surface area contributed by atoms with Crippen molar-refractivity contribution in [3.63, 3.8) is 0 Å². The summed E-state index contributed by atoms with van der Waals surface area (Å²) in [5, 5.41) is 15.1. The van der Waals surface area contributed by atoms with Gasteiger partial charge < -0.3 is 24.4 Å². The molecule has 6 aromatic rings. The minimum atomic E-state index is -3.93. The highest BCUT2D eigenvalue weighted by Crippen LogP contribution is 2.59. The molecular formula is C84H112F2N8O13S2. The molecule has 4 saturated carbocycles. The Kier molecular flexibility index (Phi) is 26.8. The molecule has 6 aliphatic rings. The number of fused-ring (bicyclic) bond motifs is 2. The van der Waals surface area contributed by atoms with Crippen molar-refractivity contribution in [1.82, 2.24) is 33.6 Å². The molecule has 8 atom stereocenters. The summed E-state index contributed by atoms with van der Waals surface area (Å²) in [4.78, 5) is 95.2. The van der Waals surface area contributed by atoms with E-state index in [1.165, 1.54) is 35.6 Å². The fourth-order valence-corrected chi connectivity index (χ4v) is 17.4. The van der Waals surface area contributed by atoms with Crippen molar-refractivity contribution >= 4 is 77.4 Å². The van der Waals surface area contributed by atoms with Crippen LogP contribution in [0.5, 0.6) is 12.0 Å². The van der Waals surface area contributed by atoms with Gasteiger partial charge in [0.2, 0.25) is 37.8 Å². The molecule has 4 aromatic carbocycles. The first-order chi connectivity index (χ1) is 51.6. The lowest BCUT2D eigenvalue weighted by Gasteiger charge is -2.25. The number of nitrogens with zero attached hydrogens (tertiary/aromatic N) is 6. The fourth-order valence-electron chi connectivity index (χ4n) is 15.4. The smallest absolute Gasteiger partial charge is 0.310 e. The van der Waals surface area contributed by atoms with E-state index in [2.05, 4.69) is 24.6 Å². The summed E-state index contributed by atoms with van der Waals surface area (Å²) in [5.41, 5.74) is 3.96. The second-order valence-electron chi connectivity index (χ2n) is 32.5. The largest absolute Gasteiger partial charge is 0.481 e.